The maximum atomic E-state index is 12.3. The number of fused-ring (bicyclic) bond motifs is 2. The van der Waals surface area contributed by atoms with Crippen molar-refractivity contribution < 1.29 is 32.1 Å². The van der Waals surface area contributed by atoms with Crippen LogP contribution in [0.2, 0.25) is 0 Å². The van der Waals surface area contributed by atoms with Crippen LogP contribution in [0.25, 0.3) is 0 Å². The quantitative estimate of drug-likeness (QED) is 0.662. The fourth-order valence-electron chi connectivity index (χ4n) is 2.24. The minimum absolute atomic E-state index is 0.0103. The first-order valence-corrected chi connectivity index (χ1v) is 7.54. The van der Waals surface area contributed by atoms with Crippen LogP contribution in [0, 0.1) is 0 Å². The van der Waals surface area contributed by atoms with E-state index in [-0.39, 0.29) is 28.6 Å². The van der Waals surface area contributed by atoms with Crippen LogP contribution in [0.4, 0.5) is 0 Å². The molecule has 1 aliphatic carbocycles. The molecule has 8 heteroatoms. The van der Waals surface area contributed by atoms with E-state index in [1.807, 2.05) is 0 Å². The molecule has 0 amide bonds. The first-order valence-electron chi connectivity index (χ1n) is 6.10. The third-order valence-corrected chi connectivity index (χ3v) is 4.04. The molecule has 0 heterocycles. The molecule has 1 N–H and O–H groups in total. The summed E-state index contributed by atoms with van der Waals surface area (Å²) in [6.07, 6.45) is 0.250. The number of ketones is 2. The zero-order valence-electron chi connectivity index (χ0n) is 11.3. The van der Waals surface area contributed by atoms with Crippen molar-refractivity contribution in [1.29, 1.82) is 0 Å². The second-order valence-corrected chi connectivity index (χ2v) is 5.89. The maximum Gasteiger partial charge on any atom is 0.373 e. The highest BCUT2D eigenvalue weighted by Gasteiger charge is 2.30. The fraction of sp³-hybridized carbons (Fsp3) is 0. The predicted octanol–water partition coefficient (Wildman–Crippen LogP) is 1.13. The number of hydrogen-bond donors (Lipinski definition) is 1. The summed E-state index contributed by atoms with van der Waals surface area (Å²) in [5.74, 6) is -0.766. The molecule has 0 fully saturated rings. The summed E-state index contributed by atoms with van der Waals surface area (Å²) >= 11 is 0. The predicted molar refractivity (Wildman–Crippen MR) is 74.6 cm³/mol. The zero-order valence-corrected chi connectivity index (χ0v) is 12.2. The lowest BCUT2D eigenvalue weighted by Crippen LogP contribution is -2.21. The van der Waals surface area contributed by atoms with E-state index in [9.17, 15) is 18.0 Å². The molecule has 1 aliphatic rings. The summed E-state index contributed by atoms with van der Waals surface area (Å²) in [6.45, 7) is 0. The second kappa shape index (κ2) is 6.05. The Morgan fingerprint density at radius 1 is 0.783 bits per heavy atom. The van der Waals surface area contributed by atoms with Gasteiger partial charge in [-0.2, -0.15) is 18.0 Å². The molecule has 0 atom stereocenters. The number of benzene rings is 2. The van der Waals surface area contributed by atoms with E-state index in [1.54, 1.807) is 18.2 Å². The van der Waals surface area contributed by atoms with E-state index >= 15 is 0 Å². The molecule has 23 heavy (non-hydrogen) atoms. The highest BCUT2D eigenvalue weighted by molar-refractivity contribution is 7.85. The van der Waals surface area contributed by atoms with Crippen LogP contribution in [-0.2, 0) is 19.7 Å². The number of carbonyl (C=O) groups is 2. The van der Waals surface area contributed by atoms with Crippen LogP contribution in [0.15, 0.2) is 47.4 Å². The number of rotatable bonds is 1. The maximum absolute atomic E-state index is 12.3. The Labute approximate surface area is 130 Å². The first-order chi connectivity index (χ1) is 10.8. The van der Waals surface area contributed by atoms with Crippen molar-refractivity contribution in [2.75, 3.05) is 0 Å². The Hall–Kier alpha value is -2.93. The zero-order chi connectivity index (χ0) is 17.2. The van der Waals surface area contributed by atoms with Gasteiger partial charge in [0, 0.05) is 22.3 Å². The standard InChI is InChI=1S/C14H8O5S.CO2/c15-13-9-3-1-2-4-10(9)14(16)12-7-8(20(17,18)19)5-6-11(12)13;2-1-3/h1-7H,(H,17,18,19);. The van der Waals surface area contributed by atoms with Gasteiger partial charge in [0.1, 0.15) is 0 Å². The Balaban J connectivity index is 0.000000595. The van der Waals surface area contributed by atoms with Crippen LogP contribution in [0.3, 0.4) is 0 Å². The van der Waals surface area contributed by atoms with E-state index in [0.29, 0.717) is 5.56 Å². The molecular formula is C15H8O7S. The van der Waals surface area contributed by atoms with Gasteiger partial charge in [-0.3, -0.25) is 14.1 Å². The van der Waals surface area contributed by atoms with Crippen LogP contribution in [-0.4, -0.2) is 30.7 Å². The van der Waals surface area contributed by atoms with Gasteiger partial charge in [0.15, 0.2) is 11.6 Å². The van der Waals surface area contributed by atoms with Gasteiger partial charge in [-0.05, 0) is 18.2 Å². The number of carbonyl (C=O) groups excluding carboxylic acids is 4. The minimum Gasteiger partial charge on any atom is -0.289 e. The summed E-state index contributed by atoms with van der Waals surface area (Å²) in [4.78, 5) is 40.4. The Bertz CT molecular complexity index is 952. The summed E-state index contributed by atoms with van der Waals surface area (Å²) in [6, 6.07) is 9.72. The molecule has 0 radical (unpaired) electrons. The van der Waals surface area contributed by atoms with Crippen molar-refractivity contribution in [3.8, 4) is 0 Å². The lowest BCUT2D eigenvalue weighted by Gasteiger charge is -2.17. The SMILES string of the molecule is O=C1c2ccccc2C(=O)c2cc(S(=O)(=O)O)ccc21.O=C=O. The average Bonchev–Trinajstić information content (AvgIpc) is 2.52. The smallest absolute Gasteiger partial charge is 0.289 e. The van der Waals surface area contributed by atoms with E-state index in [4.69, 9.17) is 14.1 Å². The molecule has 0 saturated heterocycles. The normalized spacial score (nSPS) is 12.4. The van der Waals surface area contributed by atoms with Crippen LogP contribution in [0.1, 0.15) is 31.8 Å². The molecule has 0 spiro atoms. The van der Waals surface area contributed by atoms with Gasteiger partial charge in [-0.15, -0.1) is 0 Å². The van der Waals surface area contributed by atoms with Crippen molar-refractivity contribution in [2.45, 2.75) is 4.90 Å². The molecule has 116 valence electrons. The minimum atomic E-state index is -4.42. The van der Waals surface area contributed by atoms with Gasteiger partial charge in [0.2, 0.25) is 0 Å². The third-order valence-electron chi connectivity index (χ3n) is 3.19. The van der Waals surface area contributed by atoms with Gasteiger partial charge in [0.25, 0.3) is 10.1 Å². The van der Waals surface area contributed by atoms with Crippen molar-refractivity contribution in [2.24, 2.45) is 0 Å². The van der Waals surface area contributed by atoms with Crippen LogP contribution < -0.4 is 0 Å². The summed E-state index contributed by atoms with van der Waals surface area (Å²) < 4.78 is 31.2. The van der Waals surface area contributed by atoms with E-state index in [2.05, 4.69) is 0 Å². The van der Waals surface area contributed by atoms with Gasteiger partial charge in [-0.25, -0.2) is 0 Å². The van der Waals surface area contributed by atoms with Gasteiger partial charge in [-0.1, -0.05) is 24.3 Å². The third kappa shape index (κ3) is 3.00. The summed E-state index contributed by atoms with van der Waals surface area (Å²) in [7, 11) is -4.42. The Morgan fingerprint density at radius 2 is 1.22 bits per heavy atom. The monoisotopic (exact) mass is 332 g/mol. The van der Waals surface area contributed by atoms with Crippen molar-refractivity contribution in [1.82, 2.24) is 0 Å². The lowest BCUT2D eigenvalue weighted by molar-refractivity contribution is -0.191. The molecule has 7 nitrogen and oxygen atoms in total. The number of hydrogen-bond acceptors (Lipinski definition) is 6. The van der Waals surface area contributed by atoms with Crippen LogP contribution in [0.5, 0.6) is 0 Å². The highest BCUT2D eigenvalue weighted by atomic mass is 32.2. The molecular weight excluding hydrogens is 324 g/mol. The molecule has 3 rings (SSSR count). The molecule has 0 aliphatic heterocycles. The molecule has 0 aromatic heterocycles. The first kappa shape index (κ1) is 16.4. The second-order valence-electron chi connectivity index (χ2n) is 4.47. The van der Waals surface area contributed by atoms with E-state index in [1.165, 1.54) is 12.1 Å². The fourth-order valence-corrected chi connectivity index (χ4v) is 2.75. The molecule has 2 aromatic rings. The summed E-state index contributed by atoms with van der Waals surface area (Å²) in [5, 5.41) is 0. The topological polar surface area (TPSA) is 123 Å². The largest absolute Gasteiger partial charge is 0.373 e. The van der Waals surface area contributed by atoms with Gasteiger partial charge >= 0.3 is 6.15 Å². The molecule has 2 aromatic carbocycles. The Kier molecular flexibility index (Phi) is 4.33. The van der Waals surface area contributed by atoms with E-state index in [0.717, 1.165) is 12.1 Å². The van der Waals surface area contributed by atoms with Gasteiger partial charge < -0.3 is 0 Å². The van der Waals surface area contributed by atoms with Crippen LogP contribution >= 0.6 is 0 Å². The molecule has 0 saturated carbocycles. The van der Waals surface area contributed by atoms with Crippen molar-refractivity contribution in [3.63, 3.8) is 0 Å². The van der Waals surface area contributed by atoms with E-state index < -0.39 is 20.8 Å². The highest BCUT2D eigenvalue weighted by Crippen LogP contribution is 2.28. The Morgan fingerprint density at radius 3 is 1.70 bits per heavy atom. The molecule has 0 bridgehead atoms. The van der Waals surface area contributed by atoms with Gasteiger partial charge in [0.05, 0.1) is 4.90 Å². The molecule has 0 unspecified atom stereocenters. The van der Waals surface area contributed by atoms with Crippen molar-refractivity contribution >= 4 is 27.8 Å². The average molecular weight is 332 g/mol. The van der Waals surface area contributed by atoms with Crippen molar-refractivity contribution in [3.05, 3.63) is 64.7 Å². The summed E-state index contributed by atoms with van der Waals surface area (Å²) in [5.41, 5.74) is 0.659. The lowest BCUT2D eigenvalue weighted by atomic mass is 9.84.